The van der Waals surface area contributed by atoms with Crippen molar-refractivity contribution in [1.82, 2.24) is 9.29 Å². The first-order valence-electron chi connectivity index (χ1n) is 11.3. The first-order chi connectivity index (χ1) is 16.4. The summed E-state index contributed by atoms with van der Waals surface area (Å²) < 4.78 is 28.3. The van der Waals surface area contributed by atoms with E-state index in [2.05, 4.69) is 29.6 Å². The largest absolute Gasteiger partial charge is 0.302 e. The van der Waals surface area contributed by atoms with Gasteiger partial charge in [0.2, 0.25) is 15.9 Å². The SMILES string of the molecule is O=C(Nc1nc2c(cc3c4c(cccc42)CC3)s1)C1CCN(S(=O)(=O)c2ccc(Cl)cc2)CC1. The van der Waals surface area contributed by atoms with Crippen molar-refractivity contribution in [2.75, 3.05) is 18.4 Å². The number of nitrogens with zero attached hydrogens (tertiary/aromatic N) is 2. The van der Waals surface area contributed by atoms with E-state index < -0.39 is 10.0 Å². The molecule has 6 rings (SSSR count). The second-order valence-electron chi connectivity index (χ2n) is 8.86. The summed E-state index contributed by atoms with van der Waals surface area (Å²) in [6, 6.07) is 14.8. The molecule has 0 saturated carbocycles. The molecule has 3 aromatic carbocycles. The number of rotatable bonds is 4. The van der Waals surface area contributed by atoms with Crippen LogP contribution in [0.4, 0.5) is 5.13 Å². The van der Waals surface area contributed by atoms with Crippen LogP contribution in [0.25, 0.3) is 21.0 Å². The van der Waals surface area contributed by atoms with Crippen LogP contribution in [0.2, 0.25) is 5.02 Å². The fourth-order valence-electron chi connectivity index (χ4n) is 5.08. The molecule has 0 unspecified atom stereocenters. The lowest BCUT2D eigenvalue weighted by Crippen LogP contribution is -2.41. The molecular formula is C25H22ClN3O3S2. The van der Waals surface area contributed by atoms with Gasteiger partial charge in [0.25, 0.3) is 0 Å². The highest BCUT2D eigenvalue weighted by Gasteiger charge is 2.32. The van der Waals surface area contributed by atoms with Gasteiger partial charge in [-0.3, -0.25) is 4.79 Å². The number of benzene rings is 3. The van der Waals surface area contributed by atoms with Crippen LogP contribution in [-0.2, 0) is 27.7 Å². The maximum absolute atomic E-state index is 13.0. The van der Waals surface area contributed by atoms with E-state index in [-0.39, 0.29) is 16.7 Å². The summed E-state index contributed by atoms with van der Waals surface area (Å²) in [6.07, 6.45) is 3.06. The number of sulfonamides is 1. The summed E-state index contributed by atoms with van der Waals surface area (Å²) in [5.74, 6) is -0.346. The molecule has 9 heteroatoms. The summed E-state index contributed by atoms with van der Waals surface area (Å²) in [7, 11) is -3.59. The van der Waals surface area contributed by atoms with Gasteiger partial charge in [0, 0.05) is 29.4 Å². The predicted molar refractivity (Wildman–Crippen MR) is 136 cm³/mol. The molecule has 0 radical (unpaired) electrons. The summed E-state index contributed by atoms with van der Waals surface area (Å²) in [6.45, 7) is 0.610. The lowest BCUT2D eigenvalue weighted by molar-refractivity contribution is -0.120. The van der Waals surface area contributed by atoms with Crippen LogP contribution in [0.3, 0.4) is 0 Å². The van der Waals surface area contributed by atoms with Crippen LogP contribution < -0.4 is 5.32 Å². The van der Waals surface area contributed by atoms with Gasteiger partial charge in [-0.15, -0.1) is 0 Å². The van der Waals surface area contributed by atoms with Crippen molar-refractivity contribution >= 4 is 65.0 Å². The molecule has 2 aliphatic rings. The van der Waals surface area contributed by atoms with E-state index in [0.29, 0.717) is 36.1 Å². The molecule has 1 saturated heterocycles. The Bertz CT molecular complexity index is 1540. The summed E-state index contributed by atoms with van der Waals surface area (Å²) >= 11 is 7.38. The second-order valence-corrected chi connectivity index (χ2v) is 12.3. The van der Waals surface area contributed by atoms with Gasteiger partial charge in [-0.1, -0.05) is 41.1 Å². The number of fused-ring (bicyclic) bond motifs is 2. The maximum Gasteiger partial charge on any atom is 0.243 e. The quantitative estimate of drug-likeness (QED) is 0.406. The van der Waals surface area contributed by atoms with Gasteiger partial charge in [-0.05, 0) is 72.5 Å². The number of thiazole rings is 1. The van der Waals surface area contributed by atoms with Crippen LogP contribution in [0, 0.1) is 5.92 Å². The minimum absolute atomic E-state index is 0.0973. The summed E-state index contributed by atoms with van der Waals surface area (Å²) in [5.41, 5.74) is 3.66. The van der Waals surface area contributed by atoms with Crippen LogP contribution in [0.1, 0.15) is 24.0 Å². The molecular weight excluding hydrogens is 490 g/mol. The third kappa shape index (κ3) is 3.69. The van der Waals surface area contributed by atoms with Crippen LogP contribution in [-0.4, -0.2) is 36.7 Å². The fraction of sp³-hybridized carbons (Fsp3) is 0.280. The number of hydrogen-bond donors (Lipinski definition) is 1. The Morgan fingerprint density at radius 2 is 1.79 bits per heavy atom. The van der Waals surface area contributed by atoms with E-state index in [1.807, 2.05) is 0 Å². The molecule has 1 aromatic heterocycles. The zero-order valence-electron chi connectivity index (χ0n) is 18.3. The topological polar surface area (TPSA) is 79.4 Å². The van der Waals surface area contributed by atoms with Gasteiger partial charge in [-0.2, -0.15) is 4.31 Å². The lowest BCUT2D eigenvalue weighted by atomic mass is 9.97. The monoisotopic (exact) mass is 511 g/mol. The molecule has 4 aromatic rings. The molecule has 2 heterocycles. The van der Waals surface area contributed by atoms with Crippen molar-refractivity contribution in [2.45, 2.75) is 30.6 Å². The Kier molecular flexibility index (Phi) is 5.37. The van der Waals surface area contributed by atoms with Crippen LogP contribution >= 0.6 is 22.9 Å². The number of piperidine rings is 1. The molecule has 1 aliphatic carbocycles. The molecule has 174 valence electrons. The maximum atomic E-state index is 13.0. The molecule has 6 nitrogen and oxygen atoms in total. The van der Waals surface area contributed by atoms with Gasteiger partial charge in [0.1, 0.15) is 0 Å². The van der Waals surface area contributed by atoms with Gasteiger partial charge in [-0.25, -0.2) is 13.4 Å². The van der Waals surface area contributed by atoms with Gasteiger partial charge in [0.15, 0.2) is 5.13 Å². The van der Waals surface area contributed by atoms with Crippen molar-refractivity contribution in [3.05, 3.63) is 64.7 Å². The van der Waals surface area contributed by atoms with E-state index in [9.17, 15) is 13.2 Å². The molecule has 1 fully saturated rings. The normalized spacial score (nSPS) is 17.0. The Hall–Kier alpha value is -2.52. The van der Waals surface area contributed by atoms with Crippen molar-refractivity contribution in [1.29, 1.82) is 0 Å². The zero-order chi connectivity index (χ0) is 23.4. The highest BCUT2D eigenvalue weighted by molar-refractivity contribution is 7.89. The average molecular weight is 512 g/mol. The van der Waals surface area contributed by atoms with Crippen molar-refractivity contribution in [3.63, 3.8) is 0 Å². The number of anilines is 1. The lowest BCUT2D eigenvalue weighted by Gasteiger charge is -2.30. The number of hydrogen-bond acceptors (Lipinski definition) is 5. The van der Waals surface area contributed by atoms with Gasteiger partial charge in [0.05, 0.1) is 15.1 Å². The number of aromatic nitrogens is 1. The highest BCUT2D eigenvalue weighted by atomic mass is 35.5. The number of carbonyl (C=O) groups excluding carboxylic acids is 1. The van der Waals surface area contributed by atoms with E-state index >= 15 is 0 Å². The smallest absolute Gasteiger partial charge is 0.243 e. The molecule has 1 N–H and O–H groups in total. The van der Waals surface area contributed by atoms with E-state index in [1.165, 1.54) is 44.3 Å². The number of aryl methyl sites for hydroxylation is 2. The Morgan fingerprint density at radius 3 is 2.56 bits per heavy atom. The number of carbonyl (C=O) groups is 1. The Morgan fingerprint density at radius 1 is 1.06 bits per heavy atom. The average Bonchev–Trinajstić information content (AvgIpc) is 3.44. The molecule has 0 bridgehead atoms. The Labute approximate surface area is 206 Å². The van der Waals surface area contributed by atoms with Crippen molar-refractivity contribution < 1.29 is 13.2 Å². The summed E-state index contributed by atoms with van der Waals surface area (Å²) in [4.78, 5) is 18.0. The van der Waals surface area contributed by atoms with Crippen LogP contribution in [0.15, 0.2) is 53.4 Å². The summed E-state index contributed by atoms with van der Waals surface area (Å²) in [5, 5.41) is 6.55. The van der Waals surface area contributed by atoms with Crippen molar-refractivity contribution in [3.8, 4) is 0 Å². The molecule has 1 amide bonds. The Balaban J connectivity index is 1.17. The van der Waals surface area contributed by atoms with Gasteiger partial charge < -0.3 is 5.32 Å². The molecule has 0 atom stereocenters. The van der Waals surface area contributed by atoms with Crippen molar-refractivity contribution in [2.24, 2.45) is 5.92 Å². The van der Waals surface area contributed by atoms with E-state index in [1.54, 1.807) is 12.1 Å². The predicted octanol–water partition coefficient (Wildman–Crippen LogP) is 5.24. The number of amides is 1. The first kappa shape index (κ1) is 22.0. The highest BCUT2D eigenvalue weighted by Crippen LogP contribution is 2.39. The van der Waals surface area contributed by atoms with E-state index in [0.717, 1.165) is 28.4 Å². The molecule has 1 aliphatic heterocycles. The third-order valence-electron chi connectivity index (χ3n) is 6.86. The molecule has 0 spiro atoms. The fourth-order valence-corrected chi connectivity index (χ4v) is 7.63. The van der Waals surface area contributed by atoms with Crippen LogP contribution in [0.5, 0.6) is 0 Å². The van der Waals surface area contributed by atoms with Gasteiger partial charge >= 0.3 is 0 Å². The third-order valence-corrected chi connectivity index (χ3v) is 9.94. The second kappa shape index (κ2) is 8.30. The first-order valence-corrected chi connectivity index (χ1v) is 13.9. The minimum Gasteiger partial charge on any atom is -0.302 e. The zero-order valence-corrected chi connectivity index (χ0v) is 20.6. The standard InChI is InChI=1S/C25H22ClN3O3S2/c26-18-6-8-19(9-7-18)34(31,32)29-12-10-16(11-13-29)24(30)28-25-27-23-20-3-1-2-15-4-5-17(22(15)20)14-21(23)33-25/h1-3,6-9,14,16H,4-5,10-13H2,(H,27,28,30). The molecule has 34 heavy (non-hydrogen) atoms. The van der Waals surface area contributed by atoms with E-state index in [4.69, 9.17) is 16.6 Å². The minimum atomic E-state index is -3.59. The number of nitrogens with one attached hydrogen (secondary N) is 1. The number of halogens is 1.